The molecular weight excluding hydrogens is 314 g/mol. The second-order valence-electron chi connectivity index (χ2n) is 5.07. The van der Waals surface area contributed by atoms with Crippen molar-refractivity contribution in [2.24, 2.45) is 0 Å². The van der Waals surface area contributed by atoms with E-state index in [1.54, 1.807) is 56.6 Å². The maximum absolute atomic E-state index is 12.6. The molecule has 23 heavy (non-hydrogen) atoms. The van der Waals surface area contributed by atoms with Gasteiger partial charge in [0.15, 0.2) is 11.7 Å². The van der Waals surface area contributed by atoms with Crippen LogP contribution in [0.4, 0.5) is 5.69 Å². The monoisotopic (exact) mass is 329 g/mol. The molecule has 1 aromatic carbocycles. The maximum atomic E-state index is 12.6. The molecule has 0 unspecified atom stereocenters. The Balaban J connectivity index is 2.01. The number of hydrogen-bond donors (Lipinski definition) is 1. The summed E-state index contributed by atoms with van der Waals surface area (Å²) in [6.45, 7) is 3.48. The summed E-state index contributed by atoms with van der Waals surface area (Å²) in [6.07, 6.45) is 4.61. The smallest absolute Gasteiger partial charge is 0.262 e. The molecular formula is C16H15N3O3S. The molecule has 0 bridgehead atoms. The van der Waals surface area contributed by atoms with Gasteiger partial charge in [0.1, 0.15) is 0 Å². The Labute approximate surface area is 134 Å². The second-order valence-corrected chi connectivity index (χ2v) is 6.72. The van der Waals surface area contributed by atoms with E-state index in [2.05, 4.69) is 14.7 Å². The van der Waals surface area contributed by atoms with Crippen LogP contribution in [0.5, 0.6) is 0 Å². The molecule has 0 spiro atoms. The van der Waals surface area contributed by atoms with Gasteiger partial charge in [0.2, 0.25) is 0 Å². The third-order valence-electron chi connectivity index (χ3n) is 3.30. The van der Waals surface area contributed by atoms with E-state index >= 15 is 0 Å². The fourth-order valence-electron chi connectivity index (χ4n) is 2.17. The molecule has 0 saturated carbocycles. The second kappa shape index (κ2) is 5.85. The van der Waals surface area contributed by atoms with E-state index in [0.717, 1.165) is 0 Å². The molecule has 2 heterocycles. The Morgan fingerprint density at radius 2 is 1.96 bits per heavy atom. The number of oxazole rings is 1. The first-order valence-corrected chi connectivity index (χ1v) is 8.40. The molecule has 3 rings (SSSR count). The van der Waals surface area contributed by atoms with Gasteiger partial charge in [-0.3, -0.25) is 9.71 Å². The Morgan fingerprint density at radius 1 is 1.13 bits per heavy atom. The van der Waals surface area contributed by atoms with Crippen LogP contribution in [0.1, 0.15) is 11.5 Å². The number of aromatic nitrogens is 2. The summed E-state index contributed by atoms with van der Waals surface area (Å²) < 4.78 is 33.2. The van der Waals surface area contributed by atoms with E-state index in [-0.39, 0.29) is 4.90 Å². The van der Waals surface area contributed by atoms with E-state index < -0.39 is 10.0 Å². The van der Waals surface area contributed by atoms with Crippen molar-refractivity contribution in [3.8, 4) is 11.3 Å². The van der Waals surface area contributed by atoms with Crippen LogP contribution in [0.25, 0.3) is 11.3 Å². The highest BCUT2D eigenvalue weighted by molar-refractivity contribution is 7.92. The van der Waals surface area contributed by atoms with Gasteiger partial charge in [0.05, 0.1) is 23.0 Å². The first-order valence-electron chi connectivity index (χ1n) is 6.92. The van der Waals surface area contributed by atoms with E-state index in [1.165, 1.54) is 6.20 Å². The SMILES string of the molecule is Cc1ncc(-c2ccc(C)c(S(=O)(=O)Nc3cccnc3)c2)o1. The van der Waals surface area contributed by atoms with Gasteiger partial charge in [-0.1, -0.05) is 12.1 Å². The summed E-state index contributed by atoms with van der Waals surface area (Å²) in [5, 5.41) is 0. The average molecular weight is 329 g/mol. The van der Waals surface area contributed by atoms with Gasteiger partial charge in [0, 0.05) is 18.7 Å². The van der Waals surface area contributed by atoms with Crippen LogP contribution in [0.2, 0.25) is 0 Å². The minimum absolute atomic E-state index is 0.188. The number of nitrogens with zero attached hydrogens (tertiary/aromatic N) is 2. The van der Waals surface area contributed by atoms with Crippen molar-refractivity contribution >= 4 is 15.7 Å². The van der Waals surface area contributed by atoms with Gasteiger partial charge in [-0.15, -0.1) is 0 Å². The van der Waals surface area contributed by atoms with E-state index in [1.807, 2.05) is 0 Å². The van der Waals surface area contributed by atoms with Gasteiger partial charge < -0.3 is 4.42 Å². The van der Waals surface area contributed by atoms with Gasteiger partial charge in [0.25, 0.3) is 10.0 Å². The van der Waals surface area contributed by atoms with Crippen molar-refractivity contribution in [3.63, 3.8) is 0 Å². The molecule has 6 nitrogen and oxygen atoms in total. The molecule has 0 aliphatic heterocycles. The molecule has 0 aliphatic carbocycles. The van der Waals surface area contributed by atoms with Crippen LogP contribution < -0.4 is 4.72 Å². The molecule has 0 aliphatic rings. The highest BCUT2D eigenvalue weighted by Gasteiger charge is 2.19. The van der Waals surface area contributed by atoms with Crippen LogP contribution in [-0.4, -0.2) is 18.4 Å². The number of benzene rings is 1. The highest BCUT2D eigenvalue weighted by Crippen LogP contribution is 2.26. The molecule has 118 valence electrons. The van der Waals surface area contributed by atoms with Crippen LogP contribution in [0, 0.1) is 13.8 Å². The summed E-state index contributed by atoms with van der Waals surface area (Å²) in [6, 6.07) is 8.43. The first kappa shape index (κ1) is 15.2. The Kier molecular flexibility index (Phi) is 3.87. The fraction of sp³-hybridized carbons (Fsp3) is 0.125. The molecule has 3 aromatic rings. The van der Waals surface area contributed by atoms with Crippen LogP contribution in [-0.2, 0) is 10.0 Å². The lowest BCUT2D eigenvalue weighted by Crippen LogP contribution is -2.14. The molecule has 0 amide bonds. The minimum Gasteiger partial charge on any atom is -0.441 e. The van der Waals surface area contributed by atoms with Crippen molar-refractivity contribution in [2.75, 3.05) is 4.72 Å². The third-order valence-corrected chi connectivity index (χ3v) is 4.82. The number of pyridine rings is 1. The highest BCUT2D eigenvalue weighted by atomic mass is 32.2. The predicted molar refractivity (Wildman–Crippen MR) is 86.5 cm³/mol. The van der Waals surface area contributed by atoms with E-state index in [0.29, 0.717) is 28.5 Å². The fourth-order valence-corrected chi connectivity index (χ4v) is 3.49. The lowest BCUT2D eigenvalue weighted by atomic mass is 10.1. The maximum Gasteiger partial charge on any atom is 0.262 e. The lowest BCUT2D eigenvalue weighted by Gasteiger charge is -2.11. The Morgan fingerprint density at radius 3 is 2.61 bits per heavy atom. The van der Waals surface area contributed by atoms with Gasteiger partial charge in [-0.2, -0.15) is 0 Å². The standard InChI is InChI=1S/C16H15N3O3S/c1-11-5-6-13(15-10-18-12(2)22-15)8-16(11)23(20,21)19-14-4-3-7-17-9-14/h3-10,19H,1-2H3. The van der Waals surface area contributed by atoms with Gasteiger partial charge >= 0.3 is 0 Å². The Bertz CT molecular complexity index is 934. The van der Waals surface area contributed by atoms with Crippen molar-refractivity contribution < 1.29 is 12.8 Å². The number of anilines is 1. The molecule has 0 saturated heterocycles. The van der Waals surface area contributed by atoms with Crippen molar-refractivity contribution in [1.29, 1.82) is 0 Å². The molecule has 7 heteroatoms. The molecule has 1 N–H and O–H groups in total. The van der Waals surface area contributed by atoms with Crippen LogP contribution >= 0.6 is 0 Å². The number of hydrogen-bond acceptors (Lipinski definition) is 5. The molecule has 2 aromatic heterocycles. The quantitative estimate of drug-likeness (QED) is 0.794. The van der Waals surface area contributed by atoms with Crippen LogP contribution in [0.3, 0.4) is 0 Å². The summed E-state index contributed by atoms with van der Waals surface area (Å²) >= 11 is 0. The molecule has 0 fully saturated rings. The van der Waals surface area contributed by atoms with Crippen molar-refractivity contribution in [3.05, 3.63) is 60.4 Å². The van der Waals surface area contributed by atoms with Gasteiger partial charge in [-0.05, 0) is 30.7 Å². The zero-order valence-electron chi connectivity index (χ0n) is 12.6. The topological polar surface area (TPSA) is 85.1 Å². The Hall–Kier alpha value is -2.67. The number of aryl methyl sites for hydroxylation is 2. The normalized spacial score (nSPS) is 11.4. The van der Waals surface area contributed by atoms with Crippen molar-refractivity contribution in [1.82, 2.24) is 9.97 Å². The van der Waals surface area contributed by atoms with Gasteiger partial charge in [-0.25, -0.2) is 13.4 Å². The minimum atomic E-state index is -3.72. The summed E-state index contributed by atoms with van der Waals surface area (Å²) in [4.78, 5) is 8.13. The molecule has 0 atom stereocenters. The third kappa shape index (κ3) is 3.24. The largest absolute Gasteiger partial charge is 0.441 e. The summed E-state index contributed by atoms with van der Waals surface area (Å²) in [5.41, 5.74) is 1.71. The number of nitrogens with one attached hydrogen (secondary N) is 1. The first-order chi connectivity index (χ1) is 11.0. The summed E-state index contributed by atoms with van der Waals surface area (Å²) in [5.74, 6) is 1.05. The zero-order chi connectivity index (χ0) is 16.4. The average Bonchev–Trinajstić information content (AvgIpc) is 2.94. The van der Waals surface area contributed by atoms with E-state index in [9.17, 15) is 8.42 Å². The number of sulfonamides is 1. The zero-order valence-corrected chi connectivity index (χ0v) is 13.5. The van der Waals surface area contributed by atoms with E-state index in [4.69, 9.17) is 4.42 Å². The lowest BCUT2D eigenvalue weighted by molar-refractivity contribution is 0.534. The van der Waals surface area contributed by atoms with Crippen LogP contribution in [0.15, 0.2) is 58.2 Å². The molecule has 0 radical (unpaired) electrons. The van der Waals surface area contributed by atoms with Crippen molar-refractivity contribution in [2.45, 2.75) is 18.7 Å². The summed E-state index contributed by atoms with van der Waals surface area (Å²) in [7, 11) is -3.72. The number of rotatable bonds is 4. The predicted octanol–water partition coefficient (Wildman–Crippen LogP) is 3.15.